The maximum atomic E-state index is 8.59. The van der Waals surface area contributed by atoms with E-state index in [1.165, 1.54) is 0 Å². The van der Waals surface area contributed by atoms with Crippen LogP contribution in [0.5, 0.6) is 17.2 Å². The Balaban J connectivity index is 0.000000167. The van der Waals surface area contributed by atoms with Crippen molar-refractivity contribution in [3.8, 4) is 23.3 Å². The zero-order valence-electron chi connectivity index (χ0n) is 14.9. The van der Waals surface area contributed by atoms with Crippen molar-refractivity contribution in [2.45, 2.75) is 6.61 Å². The van der Waals surface area contributed by atoms with Crippen molar-refractivity contribution in [1.29, 1.82) is 5.26 Å². The molecule has 1 aliphatic heterocycles. The fourth-order valence-electron chi connectivity index (χ4n) is 2.43. The van der Waals surface area contributed by atoms with Crippen LogP contribution in [0.2, 0.25) is 10.0 Å². The van der Waals surface area contributed by atoms with Crippen molar-refractivity contribution >= 4 is 23.2 Å². The number of hydrogen-bond acceptors (Lipinski definition) is 4. The normalized spacial score (nSPS) is 11.6. The molecule has 1 aliphatic rings. The summed E-state index contributed by atoms with van der Waals surface area (Å²) >= 11 is 11.7. The minimum absolute atomic E-state index is 0.487. The lowest BCUT2D eigenvalue weighted by Crippen LogP contribution is -2.15. The quantitative estimate of drug-likeness (QED) is 0.535. The van der Waals surface area contributed by atoms with Crippen LogP contribution >= 0.6 is 23.2 Å². The van der Waals surface area contributed by atoms with E-state index in [0.717, 1.165) is 17.1 Å². The number of rotatable bonds is 3. The van der Waals surface area contributed by atoms with Crippen molar-refractivity contribution in [1.82, 2.24) is 0 Å². The van der Waals surface area contributed by atoms with Crippen molar-refractivity contribution in [3.63, 3.8) is 0 Å². The fraction of sp³-hybridized carbons (Fsp3) is 0.136. The number of benzene rings is 3. The average molecular weight is 414 g/mol. The molecule has 0 aromatic heterocycles. The first-order valence-corrected chi connectivity index (χ1v) is 9.33. The molecule has 0 saturated heterocycles. The molecule has 3 aromatic rings. The van der Waals surface area contributed by atoms with E-state index < -0.39 is 0 Å². The van der Waals surface area contributed by atoms with Crippen LogP contribution in [0.25, 0.3) is 0 Å². The molecule has 4 rings (SSSR count). The van der Waals surface area contributed by atoms with Gasteiger partial charge in [-0.1, -0.05) is 47.5 Å². The first-order chi connectivity index (χ1) is 13.7. The van der Waals surface area contributed by atoms with Gasteiger partial charge >= 0.3 is 0 Å². The molecule has 6 heteroatoms. The van der Waals surface area contributed by atoms with Crippen LogP contribution in [-0.4, -0.2) is 13.2 Å². The van der Waals surface area contributed by atoms with E-state index in [2.05, 4.69) is 0 Å². The Labute approximate surface area is 173 Å². The lowest BCUT2D eigenvalue weighted by atomic mass is 10.2. The number of fused-ring (bicyclic) bond motifs is 1. The van der Waals surface area contributed by atoms with Crippen LogP contribution in [0.15, 0.2) is 66.7 Å². The van der Waals surface area contributed by atoms with E-state index in [1.54, 1.807) is 24.3 Å². The van der Waals surface area contributed by atoms with E-state index in [1.807, 2.05) is 48.5 Å². The van der Waals surface area contributed by atoms with Crippen molar-refractivity contribution in [2.75, 3.05) is 13.2 Å². The van der Waals surface area contributed by atoms with Gasteiger partial charge in [-0.25, -0.2) is 0 Å². The maximum Gasteiger partial charge on any atom is 0.162 e. The van der Waals surface area contributed by atoms with E-state index >= 15 is 0 Å². The van der Waals surface area contributed by atoms with Gasteiger partial charge in [0.05, 0.1) is 21.7 Å². The van der Waals surface area contributed by atoms with Gasteiger partial charge in [-0.2, -0.15) is 5.26 Å². The second-order valence-corrected chi connectivity index (χ2v) is 6.63. The summed E-state index contributed by atoms with van der Waals surface area (Å²) in [7, 11) is 0. The minimum atomic E-state index is 0.487. The third kappa shape index (κ3) is 5.56. The second kappa shape index (κ2) is 9.89. The fourth-order valence-corrected chi connectivity index (χ4v) is 2.75. The van der Waals surface area contributed by atoms with Gasteiger partial charge in [-0.05, 0) is 42.0 Å². The molecule has 3 aromatic carbocycles. The molecule has 0 amide bonds. The Morgan fingerprint density at radius 2 is 1.61 bits per heavy atom. The molecule has 0 atom stereocenters. The topological polar surface area (TPSA) is 51.5 Å². The predicted molar refractivity (Wildman–Crippen MR) is 109 cm³/mol. The first-order valence-electron chi connectivity index (χ1n) is 8.57. The van der Waals surface area contributed by atoms with Gasteiger partial charge in [0, 0.05) is 6.07 Å². The molecule has 0 N–H and O–H groups in total. The number of nitrogens with zero attached hydrogens (tertiary/aromatic N) is 1. The smallest absolute Gasteiger partial charge is 0.162 e. The average Bonchev–Trinajstić information content (AvgIpc) is 2.75. The zero-order valence-corrected chi connectivity index (χ0v) is 16.4. The van der Waals surface area contributed by atoms with Crippen molar-refractivity contribution < 1.29 is 14.2 Å². The molecular weight excluding hydrogens is 397 g/mol. The molecule has 0 radical (unpaired) electrons. The van der Waals surface area contributed by atoms with Gasteiger partial charge in [0.25, 0.3) is 0 Å². The maximum absolute atomic E-state index is 8.59. The van der Waals surface area contributed by atoms with Crippen LogP contribution in [-0.2, 0) is 6.61 Å². The molecule has 1 heterocycles. The number of hydrogen-bond donors (Lipinski definition) is 0. The molecule has 0 unspecified atom stereocenters. The highest BCUT2D eigenvalue weighted by molar-refractivity contribution is 6.42. The van der Waals surface area contributed by atoms with Gasteiger partial charge in [0.2, 0.25) is 0 Å². The second-order valence-electron chi connectivity index (χ2n) is 5.82. The third-order valence-corrected chi connectivity index (χ3v) is 4.54. The first kappa shape index (κ1) is 19.9. The minimum Gasteiger partial charge on any atom is -0.489 e. The molecule has 0 saturated carbocycles. The van der Waals surface area contributed by atoms with Crippen LogP contribution in [0, 0.1) is 11.3 Å². The largest absolute Gasteiger partial charge is 0.489 e. The van der Waals surface area contributed by atoms with Gasteiger partial charge in [0.15, 0.2) is 11.5 Å². The van der Waals surface area contributed by atoms with E-state index in [9.17, 15) is 0 Å². The Morgan fingerprint density at radius 3 is 2.32 bits per heavy atom. The Morgan fingerprint density at radius 1 is 0.857 bits per heavy atom. The van der Waals surface area contributed by atoms with E-state index in [4.69, 9.17) is 42.7 Å². The van der Waals surface area contributed by atoms with Crippen LogP contribution in [0.4, 0.5) is 0 Å². The van der Waals surface area contributed by atoms with Gasteiger partial charge in [0.1, 0.15) is 25.6 Å². The summed E-state index contributed by atoms with van der Waals surface area (Å²) < 4.78 is 16.2. The highest BCUT2D eigenvalue weighted by Crippen LogP contribution is 2.30. The van der Waals surface area contributed by atoms with Gasteiger partial charge in [-0.3, -0.25) is 0 Å². The lowest BCUT2D eigenvalue weighted by Gasteiger charge is -2.17. The van der Waals surface area contributed by atoms with Crippen molar-refractivity contribution in [2.24, 2.45) is 0 Å². The van der Waals surface area contributed by atoms with E-state index in [-0.39, 0.29) is 0 Å². The van der Waals surface area contributed by atoms with Crippen LogP contribution in [0.3, 0.4) is 0 Å². The summed E-state index contributed by atoms with van der Waals surface area (Å²) in [6.07, 6.45) is 0. The Bertz CT molecular complexity index is 971. The summed E-state index contributed by atoms with van der Waals surface area (Å²) in [5.41, 5.74) is 1.59. The highest BCUT2D eigenvalue weighted by atomic mass is 35.5. The molecule has 4 nitrogen and oxygen atoms in total. The highest BCUT2D eigenvalue weighted by Gasteiger charge is 2.10. The SMILES string of the molecule is Clc1ccc(COc2ccccc2)cc1Cl.N#Cc1ccc2c(c1)OCCO2. The number of ether oxygens (including phenoxy) is 3. The number of para-hydroxylation sites is 1. The molecular formula is C22H17Cl2NO3. The molecule has 0 aliphatic carbocycles. The van der Waals surface area contributed by atoms with Crippen LogP contribution < -0.4 is 14.2 Å². The monoisotopic (exact) mass is 413 g/mol. The Hall–Kier alpha value is -2.87. The number of nitriles is 1. The van der Waals surface area contributed by atoms with Crippen LogP contribution in [0.1, 0.15) is 11.1 Å². The lowest BCUT2D eigenvalue weighted by molar-refractivity contribution is 0.171. The van der Waals surface area contributed by atoms with E-state index in [0.29, 0.717) is 41.2 Å². The molecule has 0 bridgehead atoms. The summed E-state index contributed by atoms with van der Waals surface area (Å²) in [6.45, 7) is 1.63. The number of halogens is 2. The molecule has 142 valence electrons. The zero-order chi connectivity index (χ0) is 19.8. The summed E-state index contributed by atoms with van der Waals surface area (Å²) in [4.78, 5) is 0. The third-order valence-electron chi connectivity index (χ3n) is 3.80. The summed E-state index contributed by atoms with van der Waals surface area (Å²) in [5.74, 6) is 2.23. The summed E-state index contributed by atoms with van der Waals surface area (Å²) in [5, 5.41) is 9.70. The molecule has 0 spiro atoms. The Kier molecular flexibility index (Phi) is 7.02. The molecule has 28 heavy (non-hydrogen) atoms. The molecule has 0 fully saturated rings. The summed E-state index contributed by atoms with van der Waals surface area (Å²) in [6, 6.07) is 22.3. The van der Waals surface area contributed by atoms with Gasteiger partial charge in [-0.15, -0.1) is 0 Å². The predicted octanol–water partition coefficient (Wildman–Crippen LogP) is 5.90. The van der Waals surface area contributed by atoms with Crippen molar-refractivity contribution in [3.05, 3.63) is 87.9 Å². The van der Waals surface area contributed by atoms with Gasteiger partial charge < -0.3 is 14.2 Å². The standard InChI is InChI=1S/C13H10Cl2O.C9H7NO2/c14-12-7-6-10(8-13(12)15)9-16-11-4-2-1-3-5-11;10-6-7-1-2-8-9(5-7)12-4-3-11-8/h1-8H,9H2;1-2,5H,3-4H2.